The molecule has 0 radical (unpaired) electrons. The molecule has 0 fully saturated rings. The molecule has 0 amide bonds. The number of carbonyl (C=O) groups excluding carboxylic acids is 1. The fourth-order valence-corrected chi connectivity index (χ4v) is 1.05. The van der Waals surface area contributed by atoms with Gasteiger partial charge in [0.2, 0.25) is 0 Å². The third kappa shape index (κ3) is 4.07. The minimum atomic E-state index is -0.812. The van der Waals surface area contributed by atoms with Crippen LogP contribution in [0.15, 0.2) is 0 Å². The number of esters is 1. The van der Waals surface area contributed by atoms with Gasteiger partial charge in [-0.2, -0.15) is 0 Å². The van der Waals surface area contributed by atoms with Crippen molar-refractivity contribution in [2.45, 2.75) is 38.6 Å². The molecule has 0 atom stereocenters. The Kier molecular flexibility index (Phi) is 6.49. The first-order valence-corrected chi connectivity index (χ1v) is 5.05. The van der Waals surface area contributed by atoms with Crippen LogP contribution >= 0.6 is 0 Å². The van der Waals surface area contributed by atoms with E-state index in [1.807, 2.05) is 13.8 Å². The standard InChI is InChI=1S/C10H21NO3/c1-4-10(11,5-2)9(12)14-8-6-7-13-3/h4-8,11H2,1-3H3. The summed E-state index contributed by atoms with van der Waals surface area (Å²) in [5, 5.41) is 0. The summed E-state index contributed by atoms with van der Waals surface area (Å²) in [6.07, 6.45) is 1.92. The van der Waals surface area contributed by atoms with Gasteiger partial charge in [0.25, 0.3) is 0 Å². The Hall–Kier alpha value is -0.610. The highest BCUT2D eigenvalue weighted by atomic mass is 16.5. The van der Waals surface area contributed by atoms with E-state index < -0.39 is 5.54 Å². The van der Waals surface area contributed by atoms with Crippen molar-refractivity contribution in [1.29, 1.82) is 0 Å². The molecule has 0 heterocycles. The molecule has 0 rings (SSSR count). The summed E-state index contributed by atoms with van der Waals surface area (Å²) in [7, 11) is 1.62. The number of carbonyl (C=O) groups is 1. The van der Waals surface area contributed by atoms with Crippen LogP contribution < -0.4 is 5.73 Å². The summed E-state index contributed by atoms with van der Waals surface area (Å²) in [4.78, 5) is 11.5. The van der Waals surface area contributed by atoms with E-state index in [0.29, 0.717) is 32.5 Å². The van der Waals surface area contributed by atoms with Crippen LogP contribution in [0.5, 0.6) is 0 Å². The molecule has 4 nitrogen and oxygen atoms in total. The summed E-state index contributed by atoms with van der Waals surface area (Å²) < 4.78 is 9.89. The van der Waals surface area contributed by atoms with Crippen LogP contribution in [0.1, 0.15) is 33.1 Å². The van der Waals surface area contributed by atoms with E-state index in [-0.39, 0.29) is 5.97 Å². The number of methoxy groups -OCH3 is 1. The number of hydrogen-bond donors (Lipinski definition) is 1. The lowest BCUT2D eigenvalue weighted by molar-refractivity contribution is -0.150. The maximum Gasteiger partial charge on any atom is 0.326 e. The monoisotopic (exact) mass is 203 g/mol. The van der Waals surface area contributed by atoms with Gasteiger partial charge in [0.05, 0.1) is 6.61 Å². The predicted molar refractivity (Wildman–Crippen MR) is 55.0 cm³/mol. The van der Waals surface area contributed by atoms with Gasteiger partial charge in [-0.05, 0) is 12.8 Å². The van der Waals surface area contributed by atoms with Gasteiger partial charge >= 0.3 is 5.97 Å². The smallest absolute Gasteiger partial charge is 0.326 e. The molecule has 4 heteroatoms. The summed E-state index contributed by atoms with van der Waals surface area (Å²) >= 11 is 0. The van der Waals surface area contributed by atoms with Crippen molar-refractivity contribution < 1.29 is 14.3 Å². The zero-order valence-electron chi connectivity index (χ0n) is 9.34. The van der Waals surface area contributed by atoms with Gasteiger partial charge in [-0.3, -0.25) is 4.79 Å². The third-order valence-corrected chi connectivity index (χ3v) is 2.39. The van der Waals surface area contributed by atoms with Crippen LogP contribution in [0.3, 0.4) is 0 Å². The van der Waals surface area contributed by atoms with Crippen LogP contribution in [-0.4, -0.2) is 31.8 Å². The highest BCUT2D eigenvalue weighted by Crippen LogP contribution is 2.13. The summed E-state index contributed by atoms with van der Waals surface area (Å²) in [5.41, 5.74) is 5.04. The molecule has 2 N–H and O–H groups in total. The van der Waals surface area contributed by atoms with Gasteiger partial charge in [-0.25, -0.2) is 0 Å². The maximum absolute atomic E-state index is 11.5. The molecule has 0 aromatic rings. The predicted octanol–water partition coefficient (Wildman–Crippen LogP) is 1.08. The molecule has 0 unspecified atom stereocenters. The van der Waals surface area contributed by atoms with Gasteiger partial charge in [0.1, 0.15) is 5.54 Å². The Morgan fingerprint density at radius 3 is 2.29 bits per heavy atom. The third-order valence-electron chi connectivity index (χ3n) is 2.39. The normalized spacial score (nSPS) is 11.4. The molecule has 0 bridgehead atoms. The van der Waals surface area contributed by atoms with Gasteiger partial charge < -0.3 is 15.2 Å². The van der Waals surface area contributed by atoms with Crippen molar-refractivity contribution in [2.75, 3.05) is 20.3 Å². The average molecular weight is 203 g/mol. The fraction of sp³-hybridized carbons (Fsp3) is 0.900. The minimum absolute atomic E-state index is 0.307. The topological polar surface area (TPSA) is 61.6 Å². The first-order valence-electron chi connectivity index (χ1n) is 5.05. The van der Waals surface area contributed by atoms with E-state index in [1.165, 1.54) is 0 Å². The van der Waals surface area contributed by atoms with E-state index in [1.54, 1.807) is 7.11 Å². The first kappa shape index (κ1) is 13.4. The molecular weight excluding hydrogens is 182 g/mol. The number of hydrogen-bond acceptors (Lipinski definition) is 4. The average Bonchev–Trinajstić information content (AvgIpc) is 2.22. The summed E-state index contributed by atoms with van der Waals surface area (Å²) in [6, 6.07) is 0. The second kappa shape index (κ2) is 6.79. The molecule has 0 aromatic heterocycles. The second-order valence-electron chi connectivity index (χ2n) is 3.35. The number of rotatable bonds is 7. The highest BCUT2D eigenvalue weighted by Gasteiger charge is 2.31. The Morgan fingerprint density at radius 1 is 1.29 bits per heavy atom. The Labute approximate surface area is 85.8 Å². The molecule has 0 saturated carbocycles. The highest BCUT2D eigenvalue weighted by molar-refractivity contribution is 5.80. The van der Waals surface area contributed by atoms with Crippen LogP contribution in [0.25, 0.3) is 0 Å². The van der Waals surface area contributed by atoms with Gasteiger partial charge in [0, 0.05) is 20.1 Å². The van der Waals surface area contributed by atoms with Crippen LogP contribution in [0, 0.1) is 0 Å². The second-order valence-corrected chi connectivity index (χ2v) is 3.35. The SMILES string of the molecule is CCC(N)(CC)C(=O)OCCCOC. The lowest BCUT2D eigenvalue weighted by atomic mass is 9.95. The quantitative estimate of drug-likeness (QED) is 0.497. The van der Waals surface area contributed by atoms with E-state index in [9.17, 15) is 4.79 Å². The summed E-state index contributed by atoms with van der Waals surface area (Å²) in [5.74, 6) is -0.307. The molecule has 0 aliphatic carbocycles. The van der Waals surface area contributed by atoms with E-state index in [2.05, 4.69) is 0 Å². The lowest BCUT2D eigenvalue weighted by Crippen LogP contribution is -2.48. The number of nitrogens with two attached hydrogens (primary N) is 1. The molecule has 0 spiro atoms. The fourth-order valence-electron chi connectivity index (χ4n) is 1.05. The van der Waals surface area contributed by atoms with Gasteiger partial charge in [-0.1, -0.05) is 13.8 Å². The van der Waals surface area contributed by atoms with E-state index in [4.69, 9.17) is 15.2 Å². The van der Waals surface area contributed by atoms with Crippen LogP contribution in [-0.2, 0) is 14.3 Å². The number of ether oxygens (including phenoxy) is 2. The van der Waals surface area contributed by atoms with Crippen LogP contribution in [0.2, 0.25) is 0 Å². The molecular formula is C10H21NO3. The van der Waals surface area contributed by atoms with Gasteiger partial charge in [-0.15, -0.1) is 0 Å². The van der Waals surface area contributed by atoms with Crippen molar-refractivity contribution in [1.82, 2.24) is 0 Å². The zero-order chi connectivity index (χ0) is 11.0. The molecule has 84 valence electrons. The van der Waals surface area contributed by atoms with Crippen molar-refractivity contribution in [3.63, 3.8) is 0 Å². The molecule has 0 aliphatic rings. The van der Waals surface area contributed by atoms with Crippen molar-refractivity contribution in [3.05, 3.63) is 0 Å². The van der Waals surface area contributed by atoms with Gasteiger partial charge in [0.15, 0.2) is 0 Å². The summed E-state index contributed by atoms with van der Waals surface area (Å²) in [6.45, 7) is 4.76. The lowest BCUT2D eigenvalue weighted by Gasteiger charge is -2.23. The van der Waals surface area contributed by atoms with Crippen molar-refractivity contribution in [3.8, 4) is 0 Å². The molecule has 0 aromatic carbocycles. The van der Waals surface area contributed by atoms with Crippen LogP contribution in [0.4, 0.5) is 0 Å². The Bertz CT molecular complexity index is 167. The minimum Gasteiger partial charge on any atom is -0.464 e. The molecule has 14 heavy (non-hydrogen) atoms. The molecule has 0 aliphatic heterocycles. The maximum atomic E-state index is 11.5. The molecule has 0 saturated heterocycles. The Balaban J connectivity index is 3.82. The van der Waals surface area contributed by atoms with E-state index in [0.717, 1.165) is 0 Å². The van der Waals surface area contributed by atoms with E-state index >= 15 is 0 Å². The van der Waals surface area contributed by atoms with Crippen molar-refractivity contribution >= 4 is 5.97 Å². The first-order chi connectivity index (χ1) is 6.60. The largest absolute Gasteiger partial charge is 0.464 e. The van der Waals surface area contributed by atoms with Crippen molar-refractivity contribution in [2.24, 2.45) is 5.73 Å². The Morgan fingerprint density at radius 2 is 1.86 bits per heavy atom. The zero-order valence-corrected chi connectivity index (χ0v) is 9.34.